The van der Waals surface area contributed by atoms with Crippen molar-refractivity contribution in [1.29, 1.82) is 0 Å². The average molecular weight is 251 g/mol. The van der Waals surface area contributed by atoms with E-state index in [9.17, 15) is 4.79 Å². The van der Waals surface area contributed by atoms with Crippen LogP contribution in [0.2, 0.25) is 0 Å². The van der Waals surface area contributed by atoms with E-state index in [1.54, 1.807) is 24.3 Å². The molecule has 0 heterocycles. The summed E-state index contributed by atoms with van der Waals surface area (Å²) in [5, 5.41) is 11.4. The number of amides is 1. The van der Waals surface area contributed by atoms with Crippen LogP contribution < -0.4 is 10.1 Å². The number of rotatable bonds is 8. The van der Waals surface area contributed by atoms with Crippen LogP contribution in [0.5, 0.6) is 5.75 Å². The van der Waals surface area contributed by atoms with Gasteiger partial charge in [0.2, 0.25) is 0 Å². The van der Waals surface area contributed by atoms with Crippen LogP contribution in [0.3, 0.4) is 0 Å². The van der Waals surface area contributed by atoms with Gasteiger partial charge in [0.25, 0.3) is 5.91 Å². The number of carbonyl (C=O) groups excluding carboxylic acids is 1. The summed E-state index contributed by atoms with van der Waals surface area (Å²) in [5.74, 6) is 0.698. The highest BCUT2D eigenvalue weighted by Crippen LogP contribution is 2.12. The standard InChI is InChI=1S/C14H21NO3/c1-2-11-18-13-7-5-12(6-8-13)14(17)15-9-3-4-10-16/h5-8,16H,2-4,9-11H2,1H3,(H,15,17). The zero-order valence-electron chi connectivity index (χ0n) is 10.8. The number of nitrogens with one attached hydrogen (secondary N) is 1. The molecule has 100 valence electrons. The van der Waals surface area contributed by atoms with Crippen LogP contribution in [-0.4, -0.2) is 30.8 Å². The van der Waals surface area contributed by atoms with E-state index in [4.69, 9.17) is 9.84 Å². The van der Waals surface area contributed by atoms with Gasteiger partial charge < -0.3 is 15.2 Å². The second kappa shape index (κ2) is 8.53. The smallest absolute Gasteiger partial charge is 0.251 e. The first kappa shape index (κ1) is 14.5. The molecule has 2 N–H and O–H groups in total. The van der Waals surface area contributed by atoms with Crippen molar-refractivity contribution in [2.24, 2.45) is 0 Å². The van der Waals surface area contributed by atoms with Crippen molar-refractivity contribution in [3.63, 3.8) is 0 Å². The van der Waals surface area contributed by atoms with Gasteiger partial charge in [-0.15, -0.1) is 0 Å². The number of unbranched alkanes of at least 4 members (excludes halogenated alkanes) is 1. The summed E-state index contributed by atoms with van der Waals surface area (Å²) in [5.41, 5.74) is 0.628. The Labute approximate surface area is 108 Å². The molecule has 1 rings (SSSR count). The highest BCUT2D eigenvalue weighted by molar-refractivity contribution is 5.94. The zero-order valence-corrected chi connectivity index (χ0v) is 10.8. The van der Waals surface area contributed by atoms with Crippen molar-refractivity contribution < 1.29 is 14.6 Å². The molecular formula is C14H21NO3. The predicted octanol–water partition coefficient (Wildman–Crippen LogP) is 1.98. The fourth-order valence-electron chi connectivity index (χ4n) is 1.46. The molecule has 4 nitrogen and oxygen atoms in total. The van der Waals surface area contributed by atoms with E-state index in [1.165, 1.54) is 0 Å². The van der Waals surface area contributed by atoms with Crippen molar-refractivity contribution in [2.75, 3.05) is 19.8 Å². The molecule has 0 spiro atoms. The molecular weight excluding hydrogens is 230 g/mol. The maximum absolute atomic E-state index is 11.7. The van der Waals surface area contributed by atoms with Crippen LogP contribution in [0.15, 0.2) is 24.3 Å². The van der Waals surface area contributed by atoms with Gasteiger partial charge in [0, 0.05) is 18.7 Å². The van der Waals surface area contributed by atoms with Crippen molar-refractivity contribution in [3.8, 4) is 5.75 Å². The van der Waals surface area contributed by atoms with E-state index in [2.05, 4.69) is 5.32 Å². The minimum absolute atomic E-state index is 0.0880. The number of ether oxygens (including phenoxy) is 1. The summed E-state index contributed by atoms with van der Waals surface area (Å²) in [4.78, 5) is 11.7. The Bertz CT molecular complexity index is 349. The molecule has 0 aliphatic carbocycles. The number of aliphatic hydroxyl groups is 1. The first-order chi connectivity index (χ1) is 8.77. The predicted molar refractivity (Wildman–Crippen MR) is 70.9 cm³/mol. The Morgan fingerprint density at radius 2 is 2.00 bits per heavy atom. The Kier molecular flexibility index (Phi) is 6.87. The summed E-state index contributed by atoms with van der Waals surface area (Å²) >= 11 is 0. The van der Waals surface area contributed by atoms with Crippen LogP contribution in [0.4, 0.5) is 0 Å². The fourth-order valence-corrected chi connectivity index (χ4v) is 1.46. The molecule has 0 bridgehead atoms. The maximum atomic E-state index is 11.7. The molecule has 0 fully saturated rings. The van der Waals surface area contributed by atoms with E-state index in [0.717, 1.165) is 18.6 Å². The van der Waals surface area contributed by atoms with Gasteiger partial charge in [0.05, 0.1) is 6.61 Å². The fraction of sp³-hybridized carbons (Fsp3) is 0.500. The number of hydrogen-bond acceptors (Lipinski definition) is 3. The lowest BCUT2D eigenvalue weighted by Crippen LogP contribution is -2.24. The molecule has 0 atom stereocenters. The summed E-state index contributed by atoms with van der Waals surface area (Å²) in [6.45, 7) is 3.49. The Hall–Kier alpha value is -1.55. The van der Waals surface area contributed by atoms with Gasteiger partial charge in [-0.05, 0) is 43.5 Å². The monoisotopic (exact) mass is 251 g/mol. The molecule has 0 saturated heterocycles. The third kappa shape index (κ3) is 5.19. The summed E-state index contributed by atoms with van der Waals surface area (Å²) < 4.78 is 5.44. The molecule has 18 heavy (non-hydrogen) atoms. The lowest BCUT2D eigenvalue weighted by atomic mass is 10.2. The largest absolute Gasteiger partial charge is 0.494 e. The molecule has 1 aromatic rings. The van der Waals surface area contributed by atoms with Crippen molar-refractivity contribution >= 4 is 5.91 Å². The molecule has 1 amide bonds. The van der Waals surface area contributed by atoms with Crippen LogP contribution in [0.1, 0.15) is 36.5 Å². The van der Waals surface area contributed by atoms with Gasteiger partial charge in [-0.1, -0.05) is 6.92 Å². The minimum Gasteiger partial charge on any atom is -0.494 e. The molecule has 0 radical (unpaired) electrons. The molecule has 0 unspecified atom stereocenters. The van der Waals surface area contributed by atoms with Gasteiger partial charge in [0.1, 0.15) is 5.75 Å². The van der Waals surface area contributed by atoms with Gasteiger partial charge in [-0.3, -0.25) is 4.79 Å². The highest BCUT2D eigenvalue weighted by Gasteiger charge is 2.04. The lowest BCUT2D eigenvalue weighted by molar-refractivity contribution is 0.0952. The molecule has 0 aromatic heterocycles. The Balaban J connectivity index is 2.38. The number of hydrogen-bond donors (Lipinski definition) is 2. The number of aliphatic hydroxyl groups excluding tert-OH is 1. The molecule has 0 aliphatic rings. The van der Waals surface area contributed by atoms with Crippen LogP contribution in [0.25, 0.3) is 0 Å². The van der Waals surface area contributed by atoms with Crippen molar-refractivity contribution in [3.05, 3.63) is 29.8 Å². The first-order valence-corrected chi connectivity index (χ1v) is 6.40. The average Bonchev–Trinajstić information content (AvgIpc) is 2.41. The molecule has 0 aliphatic heterocycles. The van der Waals surface area contributed by atoms with E-state index < -0.39 is 0 Å². The number of carbonyl (C=O) groups is 1. The SMILES string of the molecule is CCCOc1ccc(C(=O)NCCCCO)cc1. The third-order valence-corrected chi connectivity index (χ3v) is 2.46. The van der Waals surface area contributed by atoms with E-state index in [1.807, 2.05) is 6.92 Å². The van der Waals surface area contributed by atoms with E-state index >= 15 is 0 Å². The summed E-state index contributed by atoms with van der Waals surface area (Å²) in [6.07, 6.45) is 2.47. The topological polar surface area (TPSA) is 58.6 Å². The van der Waals surface area contributed by atoms with Gasteiger partial charge in [-0.25, -0.2) is 0 Å². The van der Waals surface area contributed by atoms with Crippen molar-refractivity contribution in [1.82, 2.24) is 5.32 Å². The van der Waals surface area contributed by atoms with Gasteiger partial charge in [0.15, 0.2) is 0 Å². The summed E-state index contributed by atoms with van der Waals surface area (Å²) in [6, 6.07) is 7.12. The normalized spacial score (nSPS) is 10.1. The maximum Gasteiger partial charge on any atom is 0.251 e. The highest BCUT2D eigenvalue weighted by atomic mass is 16.5. The zero-order chi connectivity index (χ0) is 13.2. The summed E-state index contributed by atoms with van der Waals surface area (Å²) in [7, 11) is 0. The lowest BCUT2D eigenvalue weighted by Gasteiger charge is -2.07. The first-order valence-electron chi connectivity index (χ1n) is 6.40. The van der Waals surface area contributed by atoms with Gasteiger partial charge >= 0.3 is 0 Å². The second-order valence-corrected chi connectivity index (χ2v) is 4.06. The quantitative estimate of drug-likeness (QED) is 0.695. The van der Waals surface area contributed by atoms with E-state index in [0.29, 0.717) is 25.1 Å². The van der Waals surface area contributed by atoms with Crippen LogP contribution in [-0.2, 0) is 0 Å². The van der Waals surface area contributed by atoms with Crippen LogP contribution >= 0.6 is 0 Å². The molecule has 4 heteroatoms. The molecule has 0 saturated carbocycles. The van der Waals surface area contributed by atoms with Gasteiger partial charge in [-0.2, -0.15) is 0 Å². The Morgan fingerprint density at radius 1 is 1.28 bits per heavy atom. The van der Waals surface area contributed by atoms with E-state index in [-0.39, 0.29) is 12.5 Å². The molecule has 1 aromatic carbocycles. The van der Waals surface area contributed by atoms with Crippen molar-refractivity contribution in [2.45, 2.75) is 26.2 Å². The van der Waals surface area contributed by atoms with Crippen LogP contribution in [0, 0.1) is 0 Å². The third-order valence-electron chi connectivity index (χ3n) is 2.46. The second-order valence-electron chi connectivity index (χ2n) is 4.06. The Morgan fingerprint density at radius 3 is 2.61 bits per heavy atom. The minimum atomic E-state index is -0.0880. The number of benzene rings is 1.